The third-order valence-corrected chi connectivity index (χ3v) is 4.98. The van der Waals surface area contributed by atoms with Gasteiger partial charge in [0.05, 0.1) is 0 Å². The first-order valence-corrected chi connectivity index (χ1v) is 8.26. The molecule has 0 atom stereocenters. The average molecular weight is 395 g/mol. The Kier molecular flexibility index (Phi) is 3.70. The second-order valence-corrected chi connectivity index (χ2v) is 6.32. The summed E-state index contributed by atoms with van der Waals surface area (Å²) in [6.45, 7) is 1.96. The van der Waals surface area contributed by atoms with E-state index in [9.17, 15) is 4.79 Å². The van der Waals surface area contributed by atoms with Crippen molar-refractivity contribution in [2.75, 3.05) is 5.32 Å². The maximum absolute atomic E-state index is 12.3. The van der Waals surface area contributed by atoms with Gasteiger partial charge in [0.1, 0.15) is 0 Å². The van der Waals surface area contributed by atoms with Gasteiger partial charge in [0.2, 0.25) is 0 Å². The van der Waals surface area contributed by atoms with Crippen LogP contribution in [0.4, 0.5) is 17.1 Å². The van der Waals surface area contributed by atoms with Gasteiger partial charge in [0.15, 0.2) is 0 Å². The molecule has 0 aromatic heterocycles. The Morgan fingerprint density at radius 3 is 2.90 bits per heavy atom. The van der Waals surface area contributed by atoms with Gasteiger partial charge < -0.3 is 0 Å². The topological polar surface area (TPSA) is 53.8 Å². The zero-order valence-corrected chi connectivity index (χ0v) is 13.9. The van der Waals surface area contributed by atoms with Crippen molar-refractivity contribution in [3.8, 4) is 0 Å². The van der Waals surface area contributed by atoms with Gasteiger partial charge in [-0.2, -0.15) is 0 Å². The minimum atomic E-state index is -0.136. The summed E-state index contributed by atoms with van der Waals surface area (Å²) in [6, 6.07) is 11.2. The fourth-order valence-corrected chi connectivity index (χ4v) is 3.29. The van der Waals surface area contributed by atoms with E-state index in [4.69, 9.17) is 0 Å². The summed E-state index contributed by atoms with van der Waals surface area (Å²) in [4.78, 5) is 12.3. The number of benzene rings is 2. The predicted molar refractivity (Wildman–Crippen MR) is 83.2 cm³/mol. The van der Waals surface area contributed by atoms with E-state index in [0.717, 1.165) is 27.1 Å². The summed E-state index contributed by atoms with van der Waals surface area (Å²) >= 11 is 3.33. The van der Waals surface area contributed by atoms with Crippen LogP contribution in [-0.2, 0) is 0 Å². The van der Waals surface area contributed by atoms with Crippen LogP contribution >= 0.6 is 15.9 Å². The molecule has 0 bridgehead atoms. The van der Waals surface area contributed by atoms with Crippen molar-refractivity contribution in [2.45, 2.75) is 6.92 Å². The minimum absolute atomic E-state index is 0.0998. The summed E-state index contributed by atoms with van der Waals surface area (Å²) < 4.78 is 9.65. The zero-order chi connectivity index (χ0) is 14.1. The van der Waals surface area contributed by atoms with Crippen molar-refractivity contribution in [3.05, 3.63) is 52.0 Å². The summed E-state index contributed by atoms with van der Waals surface area (Å²) in [5.41, 5.74) is 4.02. The molecule has 1 heterocycles. The van der Waals surface area contributed by atoms with Crippen LogP contribution in [0.1, 0.15) is 15.9 Å². The van der Waals surface area contributed by atoms with Gasteiger partial charge in [0.25, 0.3) is 0 Å². The molecule has 0 aliphatic carbocycles. The van der Waals surface area contributed by atoms with Crippen molar-refractivity contribution in [1.29, 1.82) is 0 Å². The van der Waals surface area contributed by atoms with E-state index in [1.807, 2.05) is 37.3 Å². The molecule has 1 aliphatic heterocycles. The SMILES string of the molecule is Cc1cc(C(=O)Nc2cccc3c2N=[Se]=N3)ccc1Br. The van der Waals surface area contributed by atoms with Crippen LogP contribution in [0.2, 0.25) is 0 Å². The summed E-state index contributed by atoms with van der Waals surface area (Å²) in [6.07, 6.45) is 0. The quantitative estimate of drug-likeness (QED) is 0.645. The predicted octanol–water partition coefficient (Wildman–Crippen LogP) is 4.36. The summed E-state index contributed by atoms with van der Waals surface area (Å²) in [7, 11) is 0. The molecule has 100 valence electrons. The average Bonchev–Trinajstić information content (AvgIpc) is 2.91. The molecule has 4 nitrogen and oxygen atoms in total. The van der Waals surface area contributed by atoms with Gasteiger partial charge in [-0.15, -0.1) is 0 Å². The van der Waals surface area contributed by atoms with Crippen LogP contribution < -0.4 is 5.32 Å². The second kappa shape index (κ2) is 5.48. The van der Waals surface area contributed by atoms with Crippen LogP contribution in [-0.4, -0.2) is 20.5 Å². The molecule has 1 N–H and O–H groups in total. The normalized spacial score (nSPS) is 11.9. The molecule has 0 saturated carbocycles. The Balaban J connectivity index is 1.88. The Bertz CT molecular complexity index is 782. The standard InChI is InChI=1S/C14H10BrN3OSe/c1-8-7-9(5-6-10(8)15)14(19)16-11-3-2-4-12-13(11)18-20-17-12/h2-7H,1H3,(H,16,19). The van der Waals surface area contributed by atoms with Crippen LogP contribution in [0.15, 0.2) is 48.8 Å². The fourth-order valence-electron chi connectivity index (χ4n) is 1.89. The van der Waals surface area contributed by atoms with Gasteiger partial charge >= 0.3 is 130 Å². The first-order valence-electron chi connectivity index (χ1n) is 5.94. The molecule has 1 aliphatic rings. The zero-order valence-electron chi connectivity index (χ0n) is 10.6. The van der Waals surface area contributed by atoms with E-state index in [-0.39, 0.29) is 20.5 Å². The summed E-state index contributed by atoms with van der Waals surface area (Å²) in [5, 5.41) is 2.91. The number of hydrogen-bond donors (Lipinski definition) is 1. The second-order valence-electron chi connectivity index (χ2n) is 4.36. The Morgan fingerprint density at radius 1 is 1.25 bits per heavy atom. The number of fused-ring (bicyclic) bond motifs is 1. The molecule has 6 heteroatoms. The summed E-state index contributed by atoms with van der Waals surface area (Å²) in [5.74, 6) is -0.136. The number of rotatable bonds is 2. The molecule has 20 heavy (non-hydrogen) atoms. The van der Waals surface area contributed by atoms with E-state index in [1.54, 1.807) is 6.07 Å². The van der Waals surface area contributed by atoms with E-state index in [0.29, 0.717) is 5.56 Å². The van der Waals surface area contributed by atoms with Crippen molar-refractivity contribution < 1.29 is 4.79 Å². The third-order valence-electron chi connectivity index (χ3n) is 2.95. The number of hydrogen-bond acceptors (Lipinski definition) is 3. The molecular weight excluding hydrogens is 385 g/mol. The monoisotopic (exact) mass is 395 g/mol. The number of nitrogens with zero attached hydrogens (tertiary/aromatic N) is 2. The molecule has 2 aromatic carbocycles. The molecule has 0 fully saturated rings. The Labute approximate surface area is 130 Å². The number of aryl methyl sites for hydroxylation is 1. The molecule has 3 rings (SSSR count). The molecule has 1 amide bonds. The van der Waals surface area contributed by atoms with E-state index < -0.39 is 0 Å². The van der Waals surface area contributed by atoms with Crippen molar-refractivity contribution in [2.24, 2.45) is 7.92 Å². The van der Waals surface area contributed by atoms with E-state index in [2.05, 4.69) is 29.2 Å². The number of nitrogens with one attached hydrogen (secondary N) is 1. The first kappa shape index (κ1) is 13.5. The van der Waals surface area contributed by atoms with Gasteiger partial charge in [-0.3, -0.25) is 0 Å². The number of halogens is 1. The molecule has 0 unspecified atom stereocenters. The van der Waals surface area contributed by atoms with Crippen molar-refractivity contribution in [1.82, 2.24) is 0 Å². The van der Waals surface area contributed by atoms with Gasteiger partial charge in [0, 0.05) is 0 Å². The maximum atomic E-state index is 12.3. The van der Waals surface area contributed by atoms with Crippen molar-refractivity contribution in [3.63, 3.8) is 0 Å². The molecular formula is C14H10BrN3OSe. The van der Waals surface area contributed by atoms with Gasteiger partial charge in [-0.25, -0.2) is 0 Å². The number of carbonyl (C=O) groups is 1. The van der Waals surface area contributed by atoms with Crippen molar-refractivity contribution >= 4 is 53.5 Å². The number of anilines is 1. The van der Waals surface area contributed by atoms with Crippen LogP contribution in [0.5, 0.6) is 0 Å². The van der Waals surface area contributed by atoms with Crippen LogP contribution in [0.3, 0.4) is 0 Å². The fraction of sp³-hybridized carbons (Fsp3) is 0.0714. The first-order chi connectivity index (χ1) is 9.65. The van der Waals surface area contributed by atoms with Gasteiger partial charge in [-0.1, -0.05) is 0 Å². The molecule has 0 spiro atoms. The Morgan fingerprint density at radius 2 is 2.10 bits per heavy atom. The van der Waals surface area contributed by atoms with E-state index in [1.165, 1.54) is 0 Å². The van der Waals surface area contributed by atoms with Gasteiger partial charge in [-0.05, 0) is 0 Å². The molecule has 0 saturated heterocycles. The third kappa shape index (κ3) is 2.54. The number of amides is 1. The molecule has 2 aromatic rings. The van der Waals surface area contributed by atoms with Crippen LogP contribution in [0, 0.1) is 6.92 Å². The Hall–Kier alpha value is -1.49. The van der Waals surface area contributed by atoms with Crippen LogP contribution in [0.25, 0.3) is 0 Å². The number of carbonyl (C=O) groups excluding carboxylic acids is 1. The van der Waals surface area contributed by atoms with E-state index >= 15 is 0 Å². The molecule has 0 radical (unpaired) electrons.